The summed E-state index contributed by atoms with van der Waals surface area (Å²) >= 11 is 0. The van der Waals surface area contributed by atoms with Gasteiger partial charge in [-0.05, 0) is 44.4 Å². The number of aromatic hydroxyl groups is 1. The van der Waals surface area contributed by atoms with Crippen LogP contribution in [0.15, 0.2) is 24.3 Å². The predicted molar refractivity (Wildman–Crippen MR) is 70.4 cm³/mol. The van der Waals surface area contributed by atoms with Gasteiger partial charge in [-0.2, -0.15) is 0 Å². The van der Waals surface area contributed by atoms with Gasteiger partial charge >= 0.3 is 0 Å². The molecule has 0 heterocycles. The van der Waals surface area contributed by atoms with Crippen LogP contribution in [0.5, 0.6) is 5.75 Å². The topological polar surface area (TPSA) is 41.5 Å². The summed E-state index contributed by atoms with van der Waals surface area (Å²) in [4.78, 5) is 0. The van der Waals surface area contributed by atoms with E-state index in [1.54, 1.807) is 19.2 Å². The van der Waals surface area contributed by atoms with E-state index in [-0.39, 0.29) is 0 Å². The highest BCUT2D eigenvalue weighted by Gasteiger charge is 2.07. The van der Waals surface area contributed by atoms with E-state index in [0.29, 0.717) is 17.8 Å². The monoisotopic (exact) mass is 237 g/mol. The van der Waals surface area contributed by atoms with Gasteiger partial charge in [-0.3, -0.25) is 0 Å². The highest BCUT2D eigenvalue weighted by atomic mass is 16.5. The van der Waals surface area contributed by atoms with Gasteiger partial charge in [-0.25, -0.2) is 0 Å². The molecule has 1 aromatic rings. The Kier molecular flexibility index (Phi) is 6.01. The van der Waals surface area contributed by atoms with E-state index in [1.165, 1.54) is 5.56 Å². The van der Waals surface area contributed by atoms with Gasteiger partial charge in [-0.15, -0.1) is 0 Å². The largest absolute Gasteiger partial charge is 0.508 e. The number of rotatable bonds is 7. The summed E-state index contributed by atoms with van der Waals surface area (Å²) in [5, 5.41) is 12.7. The number of hydrogen-bond donors (Lipinski definition) is 2. The molecule has 0 fully saturated rings. The quantitative estimate of drug-likeness (QED) is 0.765. The summed E-state index contributed by atoms with van der Waals surface area (Å²) in [7, 11) is 1.73. The number of nitrogens with one attached hydrogen (secondary N) is 1. The molecule has 0 aromatic heterocycles. The fourth-order valence-corrected chi connectivity index (χ4v) is 1.91. The molecule has 3 nitrogen and oxygen atoms in total. The second-order valence-corrected chi connectivity index (χ2v) is 4.62. The Bertz CT molecular complexity index is 311. The van der Waals surface area contributed by atoms with Gasteiger partial charge in [-0.1, -0.05) is 12.1 Å². The van der Waals surface area contributed by atoms with E-state index in [9.17, 15) is 5.11 Å². The van der Waals surface area contributed by atoms with Crippen molar-refractivity contribution in [3.63, 3.8) is 0 Å². The third kappa shape index (κ3) is 5.71. The zero-order valence-corrected chi connectivity index (χ0v) is 10.9. The lowest BCUT2D eigenvalue weighted by Crippen LogP contribution is -2.36. The highest BCUT2D eigenvalue weighted by Crippen LogP contribution is 2.11. The minimum atomic E-state index is 0.322. The molecule has 0 spiro atoms. The summed E-state index contributed by atoms with van der Waals surface area (Å²) in [5.41, 5.74) is 1.24. The van der Waals surface area contributed by atoms with Gasteiger partial charge < -0.3 is 15.2 Å². The van der Waals surface area contributed by atoms with Gasteiger partial charge in [0.2, 0.25) is 0 Å². The van der Waals surface area contributed by atoms with E-state index in [4.69, 9.17) is 4.74 Å². The molecular weight excluding hydrogens is 214 g/mol. The second kappa shape index (κ2) is 7.30. The fraction of sp³-hybridized carbons (Fsp3) is 0.571. The zero-order chi connectivity index (χ0) is 12.7. The summed E-state index contributed by atoms with van der Waals surface area (Å²) in [6.45, 7) is 5.14. The van der Waals surface area contributed by atoms with Crippen LogP contribution >= 0.6 is 0 Å². The van der Waals surface area contributed by atoms with Crippen LogP contribution in [-0.4, -0.2) is 30.9 Å². The first-order valence-electron chi connectivity index (χ1n) is 6.14. The molecule has 96 valence electrons. The van der Waals surface area contributed by atoms with Crippen molar-refractivity contribution in [1.29, 1.82) is 0 Å². The van der Waals surface area contributed by atoms with Gasteiger partial charge in [0.1, 0.15) is 5.75 Å². The fourth-order valence-electron chi connectivity index (χ4n) is 1.91. The van der Waals surface area contributed by atoms with Crippen molar-refractivity contribution >= 4 is 0 Å². The summed E-state index contributed by atoms with van der Waals surface area (Å²) in [6, 6.07) is 8.28. The van der Waals surface area contributed by atoms with Crippen molar-refractivity contribution < 1.29 is 9.84 Å². The van der Waals surface area contributed by atoms with Crippen LogP contribution in [0.25, 0.3) is 0 Å². The minimum absolute atomic E-state index is 0.322. The van der Waals surface area contributed by atoms with E-state index in [2.05, 4.69) is 19.2 Å². The van der Waals surface area contributed by atoms with Gasteiger partial charge in [0, 0.05) is 25.8 Å². The molecule has 0 amide bonds. The molecule has 0 saturated carbocycles. The standard InChI is InChI=1S/C14H23NO2/c1-11(8-9-17-3)15-12(2)10-13-4-6-14(16)7-5-13/h4-7,11-12,15-16H,8-10H2,1-3H3. The van der Waals surface area contributed by atoms with Crippen LogP contribution < -0.4 is 5.32 Å². The van der Waals surface area contributed by atoms with Gasteiger partial charge in [0.05, 0.1) is 0 Å². The van der Waals surface area contributed by atoms with Gasteiger partial charge in [0.25, 0.3) is 0 Å². The van der Waals surface area contributed by atoms with E-state index in [1.807, 2.05) is 12.1 Å². The lowest BCUT2D eigenvalue weighted by molar-refractivity contribution is 0.183. The molecule has 2 atom stereocenters. The Labute approximate surface area is 104 Å². The number of hydrogen-bond acceptors (Lipinski definition) is 3. The van der Waals surface area contributed by atoms with E-state index in [0.717, 1.165) is 19.4 Å². The molecule has 3 heteroatoms. The average Bonchev–Trinajstić information content (AvgIpc) is 2.29. The van der Waals surface area contributed by atoms with Crippen LogP contribution in [0.2, 0.25) is 0 Å². The SMILES string of the molecule is COCCC(C)NC(C)Cc1ccc(O)cc1. The molecule has 0 aliphatic rings. The minimum Gasteiger partial charge on any atom is -0.508 e. The smallest absolute Gasteiger partial charge is 0.115 e. The number of methoxy groups -OCH3 is 1. The Hall–Kier alpha value is -1.06. The van der Waals surface area contributed by atoms with E-state index >= 15 is 0 Å². The van der Waals surface area contributed by atoms with E-state index < -0.39 is 0 Å². The lowest BCUT2D eigenvalue weighted by Gasteiger charge is -2.19. The predicted octanol–water partition coefficient (Wildman–Crippen LogP) is 2.34. The zero-order valence-electron chi connectivity index (χ0n) is 10.9. The number of phenolic OH excluding ortho intramolecular Hbond substituents is 1. The van der Waals surface area contributed by atoms with Crippen molar-refractivity contribution in [2.75, 3.05) is 13.7 Å². The van der Waals surface area contributed by atoms with Crippen molar-refractivity contribution in [2.45, 2.75) is 38.8 Å². The first-order chi connectivity index (χ1) is 8.11. The molecule has 1 aromatic carbocycles. The molecule has 0 aliphatic heterocycles. The Morgan fingerprint density at radius 2 is 1.82 bits per heavy atom. The van der Waals surface area contributed by atoms with Crippen LogP contribution in [0.3, 0.4) is 0 Å². The van der Waals surface area contributed by atoms with Crippen molar-refractivity contribution in [1.82, 2.24) is 5.32 Å². The molecule has 1 rings (SSSR count). The maximum Gasteiger partial charge on any atom is 0.115 e. The molecule has 2 N–H and O–H groups in total. The van der Waals surface area contributed by atoms with Crippen LogP contribution in [0, 0.1) is 0 Å². The molecule has 0 radical (unpaired) electrons. The normalized spacial score (nSPS) is 14.5. The third-order valence-electron chi connectivity index (χ3n) is 2.80. The Balaban J connectivity index is 2.33. The molecule has 17 heavy (non-hydrogen) atoms. The number of phenols is 1. The first-order valence-corrected chi connectivity index (χ1v) is 6.14. The third-order valence-corrected chi connectivity index (χ3v) is 2.80. The summed E-state index contributed by atoms with van der Waals surface area (Å²) < 4.78 is 5.06. The lowest BCUT2D eigenvalue weighted by atomic mass is 10.1. The molecule has 0 aliphatic carbocycles. The highest BCUT2D eigenvalue weighted by molar-refractivity contribution is 5.26. The maximum absolute atomic E-state index is 9.20. The molecule has 2 unspecified atom stereocenters. The average molecular weight is 237 g/mol. The number of ether oxygens (including phenoxy) is 1. The first kappa shape index (κ1) is 14.0. The van der Waals surface area contributed by atoms with Gasteiger partial charge in [0.15, 0.2) is 0 Å². The van der Waals surface area contributed by atoms with Crippen molar-refractivity contribution in [3.05, 3.63) is 29.8 Å². The second-order valence-electron chi connectivity index (χ2n) is 4.62. The molecular formula is C14H23NO2. The summed E-state index contributed by atoms with van der Waals surface area (Å²) in [5.74, 6) is 0.322. The summed E-state index contributed by atoms with van der Waals surface area (Å²) in [6.07, 6.45) is 1.99. The maximum atomic E-state index is 9.20. The van der Waals surface area contributed by atoms with Crippen LogP contribution in [-0.2, 0) is 11.2 Å². The van der Waals surface area contributed by atoms with Crippen LogP contribution in [0.4, 0.5) is 0 Å². The van der Waals surface area contributed by atoms with Crippen molar-refractivity contribution in [2.24, 2.45) is 0 Å². The Morgan fingerprint density at radius 1 is 1.18 bits per heavy atom. The molecule has 0 saturated heterocycles. The number of benzene rings is 1. The van der Waals surface area contributed by atoms with Crippen LogP contribution in [0.1, 0.15) is 25.8 Å². The van der Waals surface area contributed by atoms with Crippen molar-refractivity contribution in [3.8, 4) is 5.75 Å². The Morgan fingerprint density at radius 3 is 2.41 bits per heavy atom. The molecule has 0 bridgehead atoms.